The fourth-order valence-corrected chi connectivity index (χ4v) is 2.56. The molecule has 1 aromatic carbocycles. The van der Waals surface area contributed by atoms with Crippen LogP contribution in [0.4, 0.5) is 17.6 Å². The Morgan fingerprint density at radius 2 is 1.81 bits per heavy atom. The molecule has 1 aliphatic rings. The first-order valence-electron chi connectivity index (χ1n) is 7.27. The normalized spacial score (nSPS) is 14.5. The van der Waals surface area contributed by atoms with Crippen LogP contribution in [0, 0.1) is 0 Å². The van der Waals surface area contributed by atoms with Crippen molar-refractivity contribution >= 4 is 29.2 Å². The average molecular weight is 304 g/mol. The van der Waals surface area contributed by atoms with Gasteiger partial charge >= 0.3 is 0 Å². The van der Waals surface area contributed by atoms with E-state index in [0.29, 0.717) is 11.9 Å². The first-order valence-corrected chi connectivity index (χ1v) is 7.65. The van der Waals surface area contributed by atoms with Gasteiger partial charge in [-0.15, -0.1) is 0 Å². The first-order chi connectivity index (χ1) is 10.2. The van der Waals surface area contributed by atoms with Gasteiger partial charge in [-0.1, -0.05) is 19.1 Å². The second kappa shape index (κ2) is 6.26. The molecule has 0 amide bonds. The van der Waals surface area contributed by atoms with Gasteiger partial charge in [0.15, 0.2) is 0 Å². The number of aryl methyl sites for hydroxylation is 1. The van der Waals surface area contributed by atoms with E-state index in [4.69, 9.17) is 11.6 Å². The van der Waals surface area contributed by atoms with Crippen LogP contribution < -0.4 is 10.2 Å². The number of rotatable bonds is 4. The molecule has 0 atom stereocenters. The molecule has 1 saturated heterocycles. The minimum atomic E-state index is 0.222. The maximum Gasteiger partial charge on any atom is 0.233 e. The molecule has 0 spiro atoms. The summed E-state index contributed by atoms with van der Waals surface area (Å²) in [4.78, 5) is 15.0. The molecule has 3 rings (SSSR count). The summed E-state index contributed by atoms with van der Waals surface area (Å²) in [6.45, 7) is 4.09. The van der Waals surface area contributed by atoms with E-state index >= 15 is 0 Å². The third-order valence-corrected chi connectivity index (χ3v) is 3.77. The highest BCUT2D eigenvalue weighted by Crippen LogP contribution is 2.21. The largest absolute Gasteiger partial charge is 0.341 e. The van der Waals surface area contributed by atoms with Crippen molar-refractivity contribution in [3.63, 3.8) is 0 Å². The molecule has 5 nitrogen and oxygen atoms in total. The number of nitrogens with one attached hydrogen (secondary N) is 1. The summed E-state index contributed by atoms with van der Waals surface area (Å²) in [6, 6.07) is 8.22. The van der Waals surface area contributed by atoms with Crippen LogP contribution in [-0.4, -0.2) is 28.0 Å². The Kier molecular flexibility index (Phi) is 4.20. The number of nitrogens with zero attached hydrogens (tertiary/aromatic N) is 4. The van der Waals surface area contributed by atoms with E-state index in [1.165, 1.54) is 18.4 Å². The number of halogens is 1. The van der Waals surface area contributed by atoms with E-state index < -0.39 is 0 Å². The summed E-state index contributed by atoms with van der Waals surface area (Å²) in [7, 11) is 0. The van der Waals surface area contributed by atoms with Gasteiger partial charge in [0.1, 0.15) is 0 Å². The van der Waals surface area contributed by atoms with Crippen molar-refractivity contribution < 1.29 is 0 Å². The van der Waals surface area contributed by atoms with Crippen molar-refractivity contribution in [2.45, 2.75) is 26.2 Å². The van der Waals surface area contributed by atoms with Gasteiger partial charge in [-0.25, -0.2) is 0 Å². The quantitative estimate of drug-likeness (QED) is 0.938. The summed E-state index contributed by atoms with van der Waals surface area (Å²) in [5.74, 6) is 1.14. The Morgan fingerprint density at radius 1 is 1.10 bits per heavy atom. The number of anilines is 3. The summed E-state index contributed by atoms with van der Waals surface area (Å²) >= 11 is 6.01. The summed E-state index contributed by atoms with van der Waals surface area (Å²) in [6.07, 6.45) is 3.37. The molecule has 0 aliphatic carbocycles. The van der Waals surface area contributed by atoms with Crippen molar-refractivity contribution in [1.82, 2.24) is 15.0 Å². The van der Waals surface area contributed by atoms with Gasteiger partial charge in [-0.2, -0.15) is 15.0 Å². The molecule has 0 bridgehead atoms. The Hall–Kier alpha value is -1.88. The van der Waals surface area contributed by atoms with Crippen LogP contribution in [0.3, 0.4) is 0 Å². The van der Waals surface area contributed by atoms with Gasteiger partial charge < -0.3 is 10.2 Å². The molecule has 1 fully saturated rings. The Balaban J connectivity index is 1.80. The van der Waals surface area contributed by atoms with Gasteiger partial charge in [0.2, 0.25) is 17.2 Å². The van der Waals surface area contributed by atoms with E-state index in [2.05, 4.69) is 44.2 Å². The fraction of sp³-hybridized carbons (Fsp3) is 0.400. The van der Waals surface area contributed by atoms with Crippen LogP contribution in [0.15, 0.2) is 24.3 Å². The lowest BCUT2D eigenvalue weighted by Gasteiger charge is -2.15. The Morgan fingerprint density at radius 3 is 2.48 bits per heavy atom. The van der Waals surface area contributed by atoms with Crippen LogP contribution in [0.25, 0.3) is 0 Å². The maximum absolute atomic E-state index is 6.01. The molecule has 21 heavy (non-hydrogen) atoms. The third-order valence-electron chi connectivity index (χ3n) is 3.60. The van der Waals surface area contributed by atoms with Gasteiger partial charge in [-0.3, -0.25) is 0 Å². The number of hydrogen-bond acceptors (Lipinski definition) is 5. The number of benzene rings is 1. The lowest BCUT2D eigenvalue weighted by Crippen LogP contribution is -2.21. The highest BCUT2D eigenvalue weighted by Gasteiger charge is 2.17. The van der Waals surface area contributed by atoms with Crippen LogP contribution in [0.2, 0.25) is 5.28 Å². The van der Waals surface area contributed by atoms with Gasteiger partial charge in [-0.05, 0) is 48.6 Å². The predicted octanol–water partition coefficient (Wildman–Crippen LogP) is 3.43. The second-order valence-corrected chi connectivity index (χ2v) is 5.44. The number of hydrogen-bond donors (Lipinski definition) is 1. The van der Waals surface area contributed by atoms with Crippen LogP contribution in [0.1, 0.15) is 25.3 Å². The molecule has 0 saturated carbocycles. The summed E-state index contributed by atoms with van der Waals surface area (Å²) in [5.41, 5.74) is 2.24. The lowest BCUT2D eigenvalue weighted by molar-refractivity contribution is 0.883. The van der Waals surface area contributed by atoms with Crippen LogP contribution >= 0.6 is 11.6 Å². The molecule has 6 heteroatoms. The zero-order chi connectivity index (χ0) is 14.7. The molecule has 1 N–H and O–H groups in total. The first kappa shape index (κ1) is 14.1. The van der Waals surface area contributed by atoms with Crippen molar-refractivity contribution in [2.75, 3.05) is 23.3 Å². The topological polar surface area (TPSA) is 53.9 Å². The van der Waals surface area contributed by atoms with Crippen molar-refractivity contribution in [2.24, 2.45) is 0 Å². The molecule has 0 radical (unpaired) electrons. The van der Waals surface area contributed by atoms with Gasteiger partial charge in [0.25, 0.3) is 0 Å². The lowest BCUT2D eigenvalue weighted by atomic mass is 10.1. The van der Waals surface area contributed by atoms with E-state index in [9.17, 15) is 0 Å². The highest BCUT2D eigenvalue weighted by atomic mass is 35.5. The van der Waals surface area contributed by atoms with Crippen molar-refractivity contribution in [3.8, 4) is 0 Å². The molecular formula is C15H18ClN5. The Bertz CT molecular complexity index is 608. The smallest absolute Gasteiger partial charge is 0.233 e. The molecule has 0 unspecified atom stereocenters. The monoisotopic (exact) mass is 303 g/mol. The minimum Gasteiger partial charge on any atom is -0.341 e. The molecular weight excluding hydrogens is 286 g/mol. The van der Waals surface area contributed by atoms with Crippen molar-refractivity contribution in [1.29, 1.82) is 0 Å². The molecule has 2 heterocycles. The highest BCUT2D eigenvalue weighted by molar-refractivity contribution is 6.28. The zero-order valence-corrected chi connectivity index (χ0v) is 12.8. The third kappa shape index (κ3) is 3.42. The van der Waals surface area contributed by atoms with Crippen LogP contribution in [0.5, 0.6) is 0 Å². The zero-order valence-electron chi connectivity index (χ0n) is 12.0. The van der Waals surface area contributed by atoms with Gasteiger partial charge in [0, 0.05) is 18.8 Å². The molecule has 110 valence electrons. The molecule has 1 aromatic heterocycles. The van der Waals surface area contributed by atoms with E-state index in [1.807, 2.05) is 12.1 Å². The minimum absolute atomic E-state index is 0.222. The van der Waals surface area contributed by atoms with E-state index in [1.54, 1.807) is 0 Å². The van der Waals surface area contributed by atoms with E-state index in [-0.39, 0.29) is 5.28 Å². The standard InChI is InChI=1S/C15H18ClN5/c1-2-11-5-7-12(8-6-11)17-14-18-13(16)19-15(20-14)21-9-3-4-10-21/h5-8H,2-4,9-10H2,1H3,(H,17,18,19,20). The fourth-order valence-electron chi connectivity index (χ4n) is 2.41. The molecule has 2 aromatic rings. The van der Waals surface area contributed by atoms with E-state index in [0.717, 1.165) is 25.2 Å². The number of aromatic nitrogens is 3. The van der Waals surface area contributed by atoms with Crippen LogP contribution in [-0.2, 0) is 6.42 Å². The Labute approximate surface area is 129 Å². The summed E-state index contributed by atoms with van der Waals surface area (Å²) in [5, 5.41) is 3.41. The predicted molar refractivity (Wildman–Crippen MR) is 85.4 cm³/mol. The van der Waals surface area contributed by atoms with Crippen molar-refractivity contribution in [3.05, 3.63) is 35.1 Å². The second-order valence-electron chi connectivity index (χ2n) is 5.10. The SMILES string of the molecule is CCc1ccc(Nc2nc(Cl)nc(N3CCCC3)n2)cc1. The average Bonchev–Trinajstić information content (AvgIpc) is 3.02. The maximum atomic E-state index is 6.01. The summed E-state index contributed by atoms with van der Waals surface area (Å²) < 4.78 is 0. The van der Waals surface area contributed by atoms with Gasteiger partial charge in [0.05, 0.1) is 0 Å². The molecule has 1 aliphatic heterocycles.